The molecule has 0 spiro atoms. The van der Waals surface area contributed by atoms with Crippen LogP contribution in [0.4, 0.5) is 15.0 Å². The maximum Gasteiger partial charge on any atom is 0.410 e. The van der Waals surface area contributed by atoms with Crippen molar-refractivity contribution in [2.75, 3.05) is 18.5 Å². The van der Waals surface area contributed by atoms with E-state index >= 15 is 0 Å². The minimum atomic E-state index is -0.834. The van der Waals surface area contributed by atoms with Crippen LogP contribution in [0.15, 0.2) is 47.2 Å². The maximum atomic E-state index is 13.5. The molecule has 39 heavy (non-hydrogen) atoms. The van der Waals surface area contributed by atoms with E-state index in [9.17, 15) is 14.0 Å². The molecule has 6 rings (SSSR count). The van der Waals surface area contributed by atoms with Gasteiger partial charge >= 0.3 is 6.09 Å². The summed E-state index contributed by atoms with van der Waals surface area (Å²) in [6.07, 6.45) is 3.63. The fourth-order valence-electron chi connectivity index (χ4n) is 6.08. The number of nitrogens with one attached hydrogen (secondary N) is 1. The van der Waals surface area contributed by atoms with Crippen molar-refractivity contribution in [1.29, 1.82) is 0 Å². The van der Waals surface area contributed by atoms with Crippen LogP contribution in [0.25, 0.3) is 22.4 Å². The second kappa shape index (κ2) is 10.7. The minimum Gasteiger partial charge on any atom is -0.448 e. The van der Waals surface area contributed by atoms with Gasteiger partial charge in [0.15, 0.2) is 5.82 Å². The van der Waals surface area contributed by atoms with Gasteiger partial charge in [0.1, 0.15) is 18.5 Å². The van der Waals surface area contributed by atoms with E-state index in [4.69, 9.17) is 10.5 Å². The number of alkyl halides is 1. The summed E-state index contributed by atoms with van der Waals surface area (Å²) in [5, 5.41) is 15.8. The summed E-state index contributed by atoms with van der Waals surface area (Å²) in [7, 11) is 0. The van der Waals surface area contributed by atoms with Gasteiger partial charge in [-0.2, -0.15) is 11.3 Å². The largest absolute Gasteiger partial charge is 0.448 e. The lowest BCUT2D eigenvalue weighted by atomic mass is 9.71. The number of nitrogens with two attached hydrogens (primary N) is 1. The average molecular weight is 550 g/mol. The third kappa shape index (κ3) is 5.40. The number of benzene rings is 1. The summed E-state index contributed by atoms with van der Waals surface area (Å²) < 4.78 is 18.5. The Kier molecular flexibility index (Phi) is 7.07. The lowest BCUT2D eigenvalue weighted by Gasteiger charge is -2.41. The molecule has 1 saturated heterocycles. The number of cyclic esters (lactones) is 1. The number of nitrogens with zero attached hydrogens (tertiary/aromatic N) is 3. The standard InChI is InChI=1S/C29H32FN5O3S/c30-22-15-29(31,16-22)21-5-3-19(4-6-21)27-24(20-9-12-39-17-20)14-25(33-34-27)32-26(36)13-18-1-7-23(8-2-18)35-10-11-38-28(35)37/h3-6,9,12,14,17-18,22-23H,1-2,7-8,10-11,13,15-16,31H2,(H,32,33,36)/t18-,22-,23-,29-. The minimum absolute atomic E-state index is 0.0818. The Balaban J connectivity index is 1.13. The summed E-state index contributed by atoms with van der Waals surface area (Å²) in [4.78, 5) is 26.6. The maximum absolute atomic E-state index is 13.5. The second-order valence-corrected chi connectivity index (χ2v) is 11.8. The van der Waals surface area contributed by atoms with Gasteiger partial charge < -0.3 is 20.7 Å². The Morgan fingerprint density at radius 2 is 1.90 bits per heavy atom. The van der Waals surface area contributed by atoms with E-state index in [1.54, 1.807) is 11.3 Å². The highest BCUT2D eigenvalue weighted by Gasteiger charge is 2.42. The molecule has 1 aromatic carbocycles. The molecular weight excluding hydrogens is 517 g/mol. The molecule has 10 heteroatoms. The molecule has 3 N–H and O–H groups in total. The summed E-state index contributed by atoms with van der Waals surface area (Å²) in [5.41, 5.74) is 10.1. The highest BCUT2D eigenvalue weighted by atomic mass is 32.1. The number of rotatable bonds is 7. The van der Waals surface area contributed by atoms with Crippen molar-refractivity contribution in [2.24, 2.45) is 11.7 Å². The van der Waals surface area contributed by atoms with E-state index in [-0.39, 0.29) is 24.0 Å². The van der Waals surface area contributed by atoms with E-state index in [0.29, 0.717) is 43.9 Å². The fraction of sp³-hybridized carbons (Fsp3) is 0.448. The highest BCUT2D eigenvalue weighted by Crippen LogP contribution is 2.42. The van der Waals surface area contributed by atoms with Crippen LogP contribution in [0.5, 0.6) is 0 Å². The summed E-state index contributed by atoms with van der Waals surface area (Å²) in [6.45, 7) is 1.13. The number of hydrogen-bond donors (Lipinski definition) is 2. The molecule has 2 amide bonds. The zero-order valence-electron chi connectivity index (χ0n) is 21.6. The molecule has 2 aromatic heterocycles. The number of amides is 2. The summed E-state index contributed by atoms with van der Waals surface area (Å²) in [6, 6.07) is 11.9. The molecule has 3 fully saturated rings. The van der Waals surface area contributed by atoms with Crippen molar-refractivity contribution in [2.45, 2.75) is 62.7 Å². The molecule has 204 valence electrons. The van der Waals surface area contributed by atoms with Gasteiger partial charge in [0.25, 0.3) is 0 Å². The third-order valence-electron chi connectivity index (χ3n) is 8.32. The molecule has 0 radical (unpaired) electrons. The SMILES string of the molecule is N[C@]1(c2ccc(-c3nnc(NC(=O)C[C@H]4CC[C@H](N5CCOC5=O)CC4)cc3-c3ccsc3)cc2)C[C@@H](F)C1. The highest BCUT2D eigenvalue weighted by molar-refractivity contribution is 7.08. The van der Waals surface area contributed by atoms with Gasteiger partial charge in [0, 0.05) is 42.0 Å². The van der Waals surface area contributed by atoms with Crippen LogP contribution in [0, 0.1) is 5.92 Å². The van der Waals surface area contributed by atoms with Gasteiger partial charge in [-0.25, -0.2) is 9.18 Å². The summed E-state index contributed by atoms with van der Waals surface area (Å²) >= 11 is 1.59. The van der Waals surface area contributed by atoms with Gasteiger partial charge in [0.05, 0.1) is 6.54 Å². The van der Waals surface area contributed by atoms with Crippen LogP contribution >= 0.6 is 11.3 Å². The number of anilines is 1. The molecule has 8 nitrogen and oxygen atoms in total. The molecule has 0 unspecified atom stereocenters. The molecule has 3 aliphatic rings. The van der Waals surface area contributed by atoms with E-state index < -0.39 is 11.7 Å². The molecule has 0 bridgehead atoms. The Bertz CT molecular complexity index is 1340. The van der Waals surface area contributed by atoms with Crippen LogP contribution in [0.3, 0.4) is 0 Å². The Morgan fingerprint density at radius 1 is 1.13 bits per heavy atom. The molecule has 0 atom stereocenters. The number of aromatic nitrogens is 2. The molecule has 2 aliphatic carbocycles. The van der Waals surface area contributed by atoms with Crippen LogP contribution in [0.1, 0.15) is 50.5 Å². The van der Waals surface area contributed by atoms with Crippen LogP contribution in [-0.2, 0) is 15.1 Å². The monoisotopic (exact) mass is 549 g/mol. The van der Waals surface area contributed by atoms with Crippen LogP contribution < -0.4 is 11.1 Å². The van der Waals surface area contributed by atoms with E-state index in [1.165, 1.54) is 0 Å². The van der Waals surface area contributed by atoms with Crippen LogP contribution in [0.2, 0.25) is 0 Å². The first-order chi connectivity index (χ1) is 18.9. The van der Waals surface area contributed by atoms with E-state index in [1.807, 2.05) is 52.1 Å². The van der Waals surface area contributed by atoms with Gasteiger partial charge in [-0.05, 0) is 65.6 Å². The van der Waals surface area contributed by atoms with Gasteiger partial charge in [-0.15, -0.1) is 10.2 Å². The first kappa shape index (κ1) is 25.9. The number of halogens is 1. The van der Waals surface area contributed by atoms with Crippen molar-refractivity contribution in [3.05, 3.63) is 52.7 Å². The Morgan fingerprint density at radius 3 is 2.54 bits per heavy atom. The molecular formula is C29H32FN5O3S. The number of carbonyl (C=O) groups is 2. The van der Waals surface area contributed by atoms with Crippen molar-refractivity contribution in [1.82, 2.24) is 15.1 Å². The number of thiophene rings is 1. The Labute approximate surface area is 230 Å². The van der Waals surface area contributed by atoms with Crippen LogP contribution in [-0.4, -0.2) is 52.5 Å². The molecule has 1 aliphatic heterocycles. The topological polar surface area (TPSA) is 110 Å². The first-order valence-electron chi connectivity index (χ1n) is 13.6. The molecule has 3 heterocycles. The fourth-order valence-corrected chi connectivity index (χ4v) is 6.74. The molecule has 2 saturated carbocycles. The first-order valence-corrected chi connectivity index (χ1v) is 14.5. The predicted octanol–water partition coefficient (Wildman–Crippen LogP) is 5.50. The van der Waals surface area contributed by atoms with Gasteiger partial charge in [-0.3, -0.25) is 4.79 Å². The van der Waals surface area contributed by atoms with Crippen molar-refractivity contribution >= 4 is 29.2 Å². The zero-order valence-corrected chi connectivity index (χ0v) is 22.5. The van der Waals surface area contributed by atoms with Crippen molar-refractivity contribution in [3.63, 3.8) is 0 Å². The van der Waals surface area contributed by atoms with E-state index in [0.717, 1.165) is 47.9 Å². The second-order valence-electron chi connectivity index (χ2n) is 11.0. The quantitative estimate of drug-likeness (QED) is 0.403. The van der Waals surface area contributed by atoms with Gasteiger partial charge in [-0.1, -0.05) is 24.3 Å². The number of ether oxygens (including phenoxy) is 1. The van der Waals surface area contributed by atoms with Crippen molar-refractivity contribution < 1.29 is 18.7 Å². The number of carbonyl (C=O) groups excluding carboxylic acids is 2. The Hall–Kier alpha value is -3.37. The normalized spacial score (nSPS) is 26.7. The third-order valence-corrected chi connectivity index (χ3v) is 9.00. The van der Waals surface area contributed by atoms with Gasteiger partial charge in [0.2, 0.25) is 5.91 Å². The van der Waals surface area contributed by atoms with E-state index in [2.05, 4.69) is 15.5 Å². The number of hydrogen-bond acceptors (Lipinski definition) is 7. The smallest absolute Gasteiger partial charge is 0.410 e. The lowest BCUT2D eigenvalue weighted by Crippen LogP contribution is -2.50. The molecule has 3 aromatic rings. The summed E-state index contributed by atoms with van der Waals surface area (Å²) in [5.74, 6) is 0.609. The van der Waals surface area contributed by atoms with Crippen molar-refractivity contribution in [3.8, 4) is 22.4 Å². The lowest BCUT2D eigenvalue weighted by molar-refractivity contribution is -0.117. The average Bonchev–Trinajstić information content (AvgIpc) is 3.61. The predicted molar refractivity (Wildman–Crippen MR) is 148 cm³/mol. The zero-order chi connectivity index (χ0) is 27.0.